The van der Waals surface area contributed by atoms with E-state index < -0.39 is 5.54 Å². The molecule has 20 heavy (non-hydrogen) atoms. The maximum absolute atomic E-state index is 9.87. The number of aliphatic hydroxyl groups excluding tert-OH is 1. The SMILES string of the molecule is CNC(CO)(CSc1ccccc1Cl)c1ccccc1. The summed E-state index contributed by atoms with van der Waals surface area (Å²) in [5.74, 6) is 0.702. The monoisotopic (exact) mass is 307 g/mol. The molecule has 0 spiro atoms. The molecular weight excluding hydrogens is 290 g/mol. The number of thioether (sulfide) groups is 1. The molecule has 0 saturated carbocycles. The summed E-state index contributed by atoms with van der Waals surface area (Å²) >= 11 is 7.83. The molecule has 4 heteroatoms. The van der Waals surface area contributed by atoms with Gasteiger partial charge in [0.05, 0.1) is 17.2 Å². The Morgan fingerprint density at radius 2 is 1.75 bits per heavy atom. The molecule has 0 fully saturated rings. The Bertz CT molecular complexity index is 543. The number of halogens is 1. The molecule has 1 atom stereocenters. The van der Waals surface area contributed by atoms with Gasteiger partial charge < -0.3 is 10.4 Å². The second-order valence-corrected chi connectivity index (χ2v) is 6.00. The molecule has 0 aliphatic rings. The molecule has 0 amide bonds. The van der Waals surface area contributed by atoms with Crippen LogP contribution < -0.4 is 5.32 Å². The molecule has 0 aromatic heterocycles. The molecule has 2 N–H and O–H groups in total. The van der Waals surface area contributed by atoms with Gasteiger partial charge in [0.15, 0.2) is 0 Å². The van der Waals surface area contributed by atoms with Gasteiger partial charge in [0.1, 0.15) is 0 Å². The molecule has 0 heterocycles. The summed E-state index contributed by atoms with van der Waals surface area (Å²) in [6, 6.07) is 17.8. The third-order valence-electron chi connectivity index (χ3n) is 3.39. The van der Waals surface area contributed by atoms with Gasteiger partial charge in [-0.15, -0.1) is 11.8 Å². The fourth-order valence-electron chi connectivity index (χ4n) is 2.04. The van der Waals surface area contributed by atoms with Crippen LogP contribution in [0.15, 0.2) is 59.5 Å². The molecule has 0 radical (unpaired) electrons. The van der Waals surface area contributed by atoms with E-state index in [-0.39, 0.29) is 6.61 Å². The van der Waals surface area contributed by atoms with Crippen LogP contribution >= 0.6 is 23.4 Å². The zero-order chi connectivity index (χ0) is 14.4. The fourth-order valence-corrected chi connectivity index (χ4v) is 3.52. The quantitative estimate of drug-likeness (QED) is 0.801. The van der Waals surface area contributed by atoms with Crippen molar-refractivity contribution in [2.45, 2.75) is 10.4 Å². The lowest BCUT2D eigenvalue weighted by Gasteiger charge is -2.32. The lowest BCUT2D eigenvalue weighted by Crippen LogP contribution is -2.45. The van der Waals surface area contributed by atoms with Crippen molar-refractivity contribution in [3.05, 3.63) is 65.2 Å². The normalized spacial score (nSPS) is 13.9. The number of hydrogen-bond acceptors (Lipinski definition) is 3. The molecule has 0 aliphatic carbocycles. The van der Waals surface area contributed by atoms with Crippen LogP contribution in [-0.2, 0) is 5.54 Å². The van der Waals surface area contributed by atoms with Gasteiger partial charge in [0.2, 0.25) is 0 Å². The Labute approximate surface area is 129 Å². The van der Waals surface area contributed by atoms with E-state index in [4.69, 9.17) is 11.6 Å². The van der Waals surface area contributed by atoms with E-state index in [1.54, 1.807) is 11.8 Å². The minimum Gasteiger partial charge on any atom is -0.394 e. The van der Waals surface area contributed by atoms with Crippen molar-refractivity contribution in [3.63, 3.8) is 0 Å². The Hall–Kier alpha value is -1.00. The van der Waals surface area contributed by atoms with Crippen molar-refractivity contribution in [3.8, 4) is 0 Å². The average Bonchev–Trinajstić information content (AvgIpc) is 2.51. The van der Waals surface area contributed by atoms with E-state index in [9.17, 15) is 5.11 Å². The summed E-state index contributed by atoms with van der Waals surface area (Å²) in [6.07, 6.45) is 0. The molecule has 0 bridgehead atoms. The molecule has 106 valence electrons. The highest BCUT2D eigenvalue weighted by molar-refractivity contribution is 7.99. The summed E-state index contributed by atoms with van der Waals surface area (Å²) in [5.41, 5.74) is 0.606. The molecule has 2 nitrogen and oxygen atoms in total. The predicted molar refractivity (Wildman–Crippen MR) is 86.4 cm³/mol. The Kier molecular flexibility index (Phi) is 5.49. The second-order valence-electron chi connectivity index (χ2n) is 4.58. The number of aliphatic hydroxyl groups is 1. The van der Waals surface area contributed by atoms with Crippen molar-refractivity contribution < 1.29 is 5.11 Å². The first-order chi connectivity index (χ1) is 9.72. The van der Waals surface area contributed by atoms with Crippen LogP contribution in [0.2, 0.25) is 5.02 Å². The van der Waals surface area contributed by atoms with E-state index in [0.29, 0.717) is 5.75 Å². The summed E-state index contributed by atoms with van der Waals surface area (Å²) in [6.45, 7) is 0.0327. The van der Waals surface area contributed by atoms with Crippen molar-refractivity contribution in [2.24, 2.45) is 0 Å². The van der Waals surface area contributed by atoms with Gasteiger partial charge in [-0.25, -0.2) is 0 Å². The summed E-state index contributed by atoms with van der Waals surface area (Å²) in [5, 5.41) is 13.9. The van der Waals surface area contributed by atoms with Gasteiger partial charge in [-0.2, -0.15) is 0 Å². The van der Waals surface area contributed by atoms with Crippen LogP contribution in [0.1, 0.15) is 5.56 Å². The van der Waals surface area contributed by atoms with Crippen LogP contribution in [-0.4, -0.2) is 24.5 Å². The molecule has 2 rings (SSSR count). The number of benzene rings is 2. The molecule has 1 unspecified atom stereocenters. The lowest BCUT2D eigenvalue weighted by atomic mass is 9.93. The van der Waals surface area contributed by atoms with Gasteiger partial charge in [-0.05, 0) is 24.7 Å². The first-order valence-corrected chi connectivity index (χ1v) is 7.81. The Balaban J connectivity index is 2.20. The van der Waals surface area contributed by atoms with Crippen LogP contribution in [0.25, 0.3) is 0 Å². The maximum atomic E-state index is 9.87. The second kappa shape index (κ2) is 7.14. The van der Waals surface area contributed by atoms with Crippen molar-refractivity contribution in [2.75, 3.05) is 19.4 Å². The van der Waals surface area contributed by atoms with Crippen LogP contribution in [0.4, 0.5) is 0 Å². The van der Waals surface area contributed by atoms with E-state index in [1.165, 1.54) is 0 Å². The summed E-state index contributed by atoms with van der Waals surface area (Å²) in [7, 11) is 1.87. The highest BCUT2D eigenvalue weighted by atomic mass is 35.5. The third kappa shape index (κ3) is 3.36. The summed E-state index contributed by atoms with van der Waals surface area (Å²) < 4.78 is 0. The van der Waals surface area contributed by atoms with E-state index >= 15 is 0 Å². The number of rotatable bonds is 6. The van der Waals surface area contributed by atoms with Crippen molar-refractivity contribution in [1.82, 2.24) is 5.32 Å². The fraction of sp³-hybridized carbons (Fsp3) is 0.250. The molecular formula is C16H18ClNOS. The predicted octanol–water partition coefficient (Wildman–Crippen LogP) is 3.54. The largest absolute Gasteiger partial charge is 0.394 e. The topological polar surface area (TPSA) is 32.3 Å². The average molecular weight is 308 g/mol. The van der Waals surface area contributed by atoms with E-state index in [1.807, 2.05) is 61.6 Å². The lowest BCUT2D eigenvalue weighted by molar-refractivity contribution is 0.187. The summed E-state index contributed by atoms with van der Waals surface area (Å²) in [4.78, 5) is 1.03. The smallest absolute Gasteiger partial charge is 0.0761 e. The molecule has 0 aliphatic heterocycles. The molecule has 0 saturated heterocycles. The number of hydrogen-bond donors (Lipinski definition) is 2. The van der Waals surface area contributed by atoms with Crippen LogP contribution in [0, 0.1) is 0 Å². The highest BCUT2D eigenvalue weighted by Gasteiger charge is 2.29. The minimum atomic E-state index is -0.467. The van der Waals surface area contributed by atoms with Crippen molar-refractivity contribution >= 4 is 23.4 Å². The Morgan fingerprint density at radius 1 is 1.10 bits per heavy atom. The highest BCUT2D eigenvalue weighted by Crippen LogP contribution is 2.32. The van der Waals surface area contributed by atoms with E-state index in [2.05, 4.69) is 5.32 Å². The van der Waals surface area contributed by atoms with Gasteiger partial charge in [0.25, 0.3) is 0 Å². The molecule has 2 aromatic rings. The van der Waals surface area contributed by atoms with Crippen LogP contribution in [0.3, 0.4) is 0 Å². The number of nitrogens with one attached hydrogen (secondary N) is 1. The van der Waals surface area contributed by atoms with Gasteiger partial charge >= 0.3 is 0 Å². The standard InChI is InChI=1S/C16H18ClNOS/c1-18-16(11-19,13-7-3-2-4-8-13)12-20-15-10-6-5-9-14(15)17/h2-10,18-19H,11-12H2,1H3. The van der Waals surface area contributed by atoms with Crippen molar-refractivity contribution in [1.29, 1.82) is 0 Å². The first kappa shape index (κ1) is 15.4. The van der Waals surface area contributed by atoms with Crippen LogP contribution in [0.5, 0.6) is 0 Å². The van der Waals surface area contributed by atoms with Gasteiger partial charge in [-0.3, -0.25) is 0 Å². The third-order valence-corrected chi connectivity index (χ3v) is 5.13. The first-order valence-electron chi connectivity index (χ1n) is 6.44. The maximum Gasteiger partial charge on any atom is 0.0761 e. The van der Waals surface area contributed by atoms with Gasteiger partial charge in [-0.1, -0.05) is 54.1 Å². The molecule has 2 aromatic carbocycles. The number of likely N-dealkylation sites (N-methyl/N-ethyl adjacent to an activating group) is 1. The minimum absolute atomic E-state index is 0.0327. The van der Waals surface area contributed by atoms with Gasteiger partial charge in [0, 0.05) is 10.6 Å². The Morgan fingerprint density at radius 3 is 2.35 bits per heavy atom. The van der Waals surface area contributed by atoms with E-state index in [0.717, 1.165) is 15.5 Å². The zero-order valence-electron chi connectivity index (χ0n) is 11.3. The zero-order valence-corrected chi connectivity index (χ0v) is 12.9.